The lowest BCUT2D eigenvalue weighted by molar-refractivity contribution is 0.409. The molecule has 0 saturated heterocycles. The van der Waals surface area contributed by atoms with Crippen molar-refractivity contribution >= 4 is 17.1 Å². The first-order chi connectivity index (χ1) is 16.2. The van der Waals surface area contributed by atoms with E-state index in [0.29, 0.717) is 28.6 Å². The van der Waals surface area contributed by atoms with E-state index in [4.69, 9.17) is 4.74 Å². The molecule has 0 unspecified atom stereocenters. The SMILES string of the molecule is Cc1ccc(O)c(N(c2ccccc2Oc2c(C)cccc2O)c2c(O)ccc(C)c2C)c1C. The molecule has 0 aromatic heterocycles. The van der Waals surface area contributed by atoms with Crippen molar-refractivity contribution < 1.29 is 20.1 Å². The van der Waals surface area contributed by atoms with Gasteiger partial charge in [-0.1, -0.05) is 36.4 Å². The summed E-state index contributed by atoms with van der Waals surface area (Å²) in [6.07, 6.45) is 0. The second kappa shape index (κ2) is 9.02. The van der Waals surface area contributed by atoms with Gasteiger partial charge in [-0.3, -0.25) is 4.90 Å². The molecule has 174 valence electrons. The number of ether oxygens (including phenoxy) is 1. The van der Waals surface area contributed by atoms with Crippen LogP contribution in [0.15, 0.2) is 66.7 Å². The first-order valence-corrected chi connectivity index (χ1v) is 11.1. The molecule has 5 heteroatoms. The van der Waals surface area contributed by atoms with Crippen LogP contribution in [0, 0.1) is 34.6 Å². The molecule has 4 aromatic carbocycles. The van der Waals surface area contributed by atoms with Crippen molar-refractivity contribution in [2.75, 3.05) is 4.90 Å². The molecule has 0 fully saturated rings. The van der Waals surface area contributed by atoms with Gasteiger partial charge in [-0.25, -0.2) is 0 Å². The summed E-state index contributed by atoms with van der Waals surface area (Å²) in [5, 5.41) is 32.5. The highest BCUT2D eigenvalue weighted by Gasteiger charge is 2.27. The van der Waals surface area contributed by atoms with Crippen LogP contribution in [0.2, 0.25) is 0 Å². The standard InChI is InChI=1S/C29H29NO4/c1-17-13-15-23(31)27(20(17)4)30(28-21(5)18(2)14-16-24(28)32)22-10-6-7-12-26(22)34-29-19(3)9-8-11-25(29)33/h6-16,31-33H,1-5H3. The molecular formula is C29H29NO4. The number of phenols is 3. The van der Waals surface area contributed by atoms with Gasteiger partial charge in [0.2, 0.25) is 0 Å². The van der Waals surface area contributed by atoms with Gasteiger partial charge in [0.1, 0.15) is 11.5 Å². The number of hydrogen-bond acceptors (Lipinski definition) is 5. The Morgan fingerprint density at radius 1 is 0.559 bits per heavy atom. The van der Waals surface area contributed by atoms with E-state index >= 15 is 0 Å². The molecule has 0 amide bonds. The van der Waals surface area contributed by atoms with Crippen LogP contribution in [0.1, 0.15) is 27.8 Å². The second-order valence-electron chi connectivity index (χ2n) is 8.58. The fraction of sp³-hybridized carbons (Fsp3) is 0.172. The first kappa shape index (κ1) is 23.1. The fourth-order valence-electron chi connectivity index (χ4n) is 4.10. The molecule has 0 heterocycles. The Balaban J connectivity index is 2.04. The molecule has 0 atom stereocenters. The Hall–Kier alpha value is -4.12. The summed E-state index contributed by atoms with van der Waals surface area (Å²) in [4.78, 5) is 1.83. The molecular weight excluding hydrogens is 426 g/mol. The van der Waals surface area contributed by atoms with Crippen LogP contribution in [-0.4, -0.2) is 15.3 Å². The Morgan fingerprint density at radius 2 is 1.12 bits per heavy atom. The van der Waals surface area contributed by atoms with Gasteiger partial charge in [0.25, 0.3) is 0 Å². The minimum absolute atomic E-state index is 0.0329. The molecule has 0 aliphatic heterocycles. The van der Waals surface area contributed by atoms with Crippen molar-refractivity contribution in [1.82, 2.24) is 0 Å². The van der Waals surface area contributed by atoms with Crippen LogP contribution in [0.4, 0.5) is 17.1 Å². The third-order valence-corrected chi connectivity index (χ3v) is 6.32. The van der Waals surface area contributed by atoms with Crippen molar-refractivity contribution in [3.05, 3.63) is 94.5 Å². The maximum Gasteiger partial charge on any atom is 0.172 e. The molecule has 0 radical (unpaired) electrons. The Labute approximate surface area is 200 Å². The average Bonchev–Trinajstić information content (AvgIpc) is 2.81. The number of phenolic OH excluding ortho intramolecular Hbond substituents is 3. The maximum atomic E-state index is 11.0. The summed E-state index contributed by atoms with van der Waals surface area (Å²) >= 11 is 0. The van der Waals surface area contributed by atoms with Crippen LogP contribution < -0.4 is 9.64 Å². The number of anilines is 3. The third-order valence-electron chi connectivity index (χ3n) is 6.32. The minimum atomic E-state index is 0.0329. The number of hydrogen-bond donors (Lipinski definition) is 3. The predicted octanol–water partition coefficient (Wildman–Crippen LogP) is 7.61. The summed E-state index contributed by atoms with van der Waals surface area (Å²) < 4.78 is 6.26. The van der Waals surface area contributed by atoms with Crippen LogP contribution in [0.3, 0.4) is 0 Å². The predicted molar refractivity (Wildman–Crippen MR) is 136 cm³/mol. The normalized spacial score (nSPS) is 10.9. The van der Waals surface area contributed by atoms with E-state index in [9.17, 15) is 15.3 Å². The van der Waals surface area contributed by atoms with Crippen LogP contribution >= 0.6 is 0 Å². The first-order valence-electron chi connectivity index (χ1n) is 11.1. The fourth-order valence-corrected chi connectivity index (χ4v) is 4.10. The quantitative estimate of drug-likeness (QED) is 0.289. The van der Waals surface area contributed by atoms with Crippen LogP contribution in [0.5, 0.6) is 28.7 Å². The molecule has 0 saturated carbocycles. The summed E-state index contributed by atoms with van der Waals surface area (Å²) in [6, 6.07) is 19.6. The van der Waals surface area contributed by atoms with Gasteiger partial charge in [0, 0.05) is 0 Å². The highest BCUT2D eigenvalue weighted by Crippen LogP contribution is 2.51. The zero-order valence-corrected chi connectivity index (χ0v) is 20.0. The van der Waals surface area contributed by atoms with E-state index in [0.717, 1.165) is 27.8 Å². The Kier molecular flexibility index (Phi) is 6.12. The summed E-state index contributed by atoms with van der Waals surface area (Å²) in [5.74, 6) is 1.01. The number of benzene rings is 4. The van der Waals surface area contributed by atoms with E-state index in [1.54, 1.807) is 30.3 Å². The molecule has 4 aromatic rings. The van der Waals surface area contributed by atoms with Crippen molar-refractivity contribution in [1.29, 1.82) is 0 Å². The van der Waals surface area contributed by atoms with E-state index in [2.05, 4.69) is 0 Å². The lowest BCUT2D eigenvalue weighted by atomic mass is 10.0. The summed E-state index contributed by atoms with van der Waals surface area (Å²) in [7, 11) is 0. The van der Waals surface area contributed by atoms with E-state index < -0.39 is 0 Å². The number of nitrogens with zero attached hydrogens (tertiary/aromatic N) is 1. The average molecular weight is 456 g/mol. The molecule has 34 heavy (non-hydrogen) atoms. The molecule has 0 bridgehead atoms. The van der Waals surface area contributed by atoms with Crippen molar-refractivity contribution in [2.45, 2.75) is 34.6 Å². The van der Waals surface area contributed by atoms with Gasteiger partial charge in [-0.15, -0.1) is 0 Å². The molecule has 0 spiro atoms. The van der Waals surface area contributed by atoms with Crippen molar-refractivity contribution in [3.63, 3.8) is 0 Å². The molecule has 5 nitrogen and oxygen atoms in total. The minimum Gasteiger partial charge on any atom is -0.506 e. The Morgan fingerprint density at radius 3 is 1.68 bits per heavy atom. The van der Waals surface area contributed by atoms with Gasteiger partial charge in [-0.2, -0.15) is 0 Å². The van der Waals surface area contributed by atoms with Crippen molar-refractivity contribution in [3.8, 4) is 28.7 Å². The lowest BCUT2D eigenvalue weighted by Gasteiger charge is -2.32. The van der Waals surface area contributed by atoms with Crippen LogP contribution in [-0.2, 0) is 0 Å². The van der Waals surface area contributed by atoms with E-state index in [1.165, 1.54) is 0 Å². The van der Waals surface area contributed by atoms with Gasteiger partial charge in [0.15, 0.2) is 17.2 Å². The largest absolute Gasteiger partial charge is 0.506 e. The monoisotopic (exact) mass is 455 g/mol. The number of aryl methyl sites for hydroxylation is 3. The number of para-hydroxylation sites is 3. The zero-order valence-electron chi connectivity index (χ0n) is 20.0. The number of aromatic hydroxyl groups is 3. The van der Waals surface area contributed by atoms with E-state index in [1.807, 2.05) is 75.9 Å². The Bertz CT molecular complexity index is 1300. The second-order valence-corrected chi connectivity index (χ2v) is 8.58. The van der Waals surface area contributed by atoms with E-state index in [-0.39, 0.29) is 17.2 Å². The zero-order chi connectivity index (χ0) is 24.6. The maximum absolute atomic E-state index is 11.0. The summed E-state index contributed by atoms with van der Waals surface area (Å²) in [6.45, 7) is 9.70. The van der Waals surface area contributed by atoms with Gasteiger partial charge < -0.3 is 20.1 Å². The summed E-state index contributed by atoms with van der Waals surface area (Å²) in [5.41, 5.74) is 6.23. The lowest BCUT2D eigenvalue weighted by Crippen LogP contribution is -2.15. The highest BCUT2D eigenvalue weighted by molar-refractivity contribution is 5.89. The van der Waals surface area contributed by atoms with Gasteiger partial charge in [0.05, 0.1) is 17.1 Å². The molecule has 0 aliphatic rings. The van der Waals surface area contributed by atoms with Crippen molar-refractivity contribution in [2.24, 2.45) is 0 Å². The van der Waals surface area contributed by atoms with Crippen LogP contribution in [0.25, 0.3) is 0 Å². The molecule has 0 aliphatic carbocycles. The van der Waals surface area contributed by atoms with Gasteiger partial charge >= 0.3 is 0 Å². The van der Waals surface area contributed by atoms with Gasteiger partial charge in [-0.05, 0) is 92.8 Å². The smallest absolute Gasteiger partial charge is 0.172 e. The third kappa shape index (κ3) is 4.01. The topological polar surface area (TPSA) is 73.2 Å². The number of rotatable bonds is 5. The highest BCUT2D eigenvalue weighted by atomic mass is 16.5. The molecule has 4 rings (SSSR count). The molecule has 3 N–H and O–H groups in total.